The van der Waals surface area contributed by atoms with E-state index in [4.69, 9.17) is 5.11 Å². The topological polar surface area (TPSA) is 53.4 Å². The van der Waals surface area contributed by atoms with E-state index in [-0.39, 0.29) is 0 Å². The number of carbonyl (C=O) groups is 1. The van der Waals surface area contributed by atoms with Crippen LogP contribution in [-0.4, -0.2) is 28.5 Å². The number of aromatic carboxylic acids is 1. The summed E-state index contributed by atoms with van der Waals surface area (Å²) in [6.45, 7) is 2.01. The van der Waals surface area contributed by atoms with Crippen LogP contribution in [0.15, 0.2) is 6.07 Å². The molecule has 4 nitrogen and oxygen atoms in total. The van der Waals surface area contributed by atoms with Gasteiger partial charge in [0.25, 0.3) is 0 Å². The fraction of sp³-hybridized carbons (Fsp3) is 0.500. The van der Waals surface area contributed by atoms with E-state index in [0.29, 0.717) is 4.88 Å². The Morgan fingerprint density at radius 3 is 2.77 bits per heavy atom. The van der Waals surface area contributed by atoms with Crippen molar-refractivity contribution in [3.8, 4) is 0 Å². The normalized spacial score (nSPS) is 16.5. The van der Waals surface area contributed by atoms with Gasteiger partial charge in [0.05, 0.1) is 0 Å². The van der Waals surface area contributed by atoms with Crippen molar-refractivity contribution in [3.05, 3.63) is 10.9 Å². The molecule has 1 aliphatic heterocycles. The van der Waals surface area contributed by atoms with Crippen molar-refractivity contribution in [1.29, 1.82) is 0 Å². The smallest absolute Gasteiger partial charge is 0.347 e. The summed E-state index contributed by atoms with van der Waals surface area (Å²) in [5, 5.41) is 8.69. The molecular weight excluding hydrogens is 188 g/mol. The van der Waals surface area contributed by atoms with Crippen LogP contribution in [0.3, 0.4) is 0 Å². The van der Waals surface area contributed by atoms with E-state index in [1.165, 1.54) is 12.8 Å². The largest absolute Gasteiger partial charge is 0.477 e. The molecule has 1 saturated heterocycles. The van der Waals surface area contributed by atoms with Crippen molar-refractivity contribution in [2.24, 2.45) is 0 Å². The molecule has 0 aliphatic carbocycles. The number of carboxylic acid groups (broad SMARTS) is 1. The molecule has 1 aliphatic rings. The van der Waals surface area contributed by atoms with Gasteiger partial charge in [0.2, 0.25) is 0 Å². The maximum atomic E-state index is 10.6. The molecule has 0 radical (unpaired) electrons. The predicted octanol–water partition coefficient (Wildman–Crippen LogP) is 1.44. The van der Waals surface area contributed by atoms with E-state index in [0.717, 1.165) is 30.4 Å². The summed E-state index contributed by atoms with van der Waals surface area (Å²) in [6.07, 6.45) is 2.36. The number of hydrogen-bond acceptors (Lipinski definition) is 4. The van der Waals surface area contributed by atoms with Gasteiger partial charge in [-0.3, -0.25) is 0 Å². The summed E-state index contributed by atoms with van der Waals surface area (Å²) in [4.78, 5) is 13.0. The number of hydrogen-bond donors (Lipinski definition) is 1. The first-order valence-electron chi connectivity index (χ1n) is 4.22. The lowest BCUT2D eigenvalue weighted by Crippen LogP contribution is -2.17. The van der Waals surface area contributed by atoms with Crippen molar-refractivity contribution < 1.29 is 9.90 Å². The first-order valence-corrected chi connectivity index (χ1v) is 4.99. The third-order valence-electron chi connectivity index (χ3n) is 2.14. The Morgan fingerprint density at radius 2 is 2.23 bits per heavy atom. The number of rotatable bonds is 2. The molecule has 0 saturated carbocycles. The van der Waals surface area contributed by atoms with E-state index in [1.54, 1.807) is 6.07 Å². The fourth-order valence-corrected chi connectivity index (χ4v) is 2.06. The molecule has 1 N–H and O–H groups in total. The van der Waals surface area contributed by atoms with Crippen molar-refractivity contribution >= 4 is 23.3 Å². The molecule has 1 aromatic heterocycles. The number of anilines is 1. The predicted molar refractivity (Wildman–Crippen MR) is 50.5 cm³/mol. The van der Waals surface area contributed by atoms with Crippen LogP contribution in [-0.2, 0) is 0 Å². The van der Waals surface area contributed by atoms with Gasteiger partial charge in [-0.05, 0) is 24.4 Å². The average Bonchev–Trinajstić information content (AvgIpc) is 2.75. The fourth-order valence-electron chi connectivity index (χ4n) is 1.46. The highest BCUT2D eigenvalue weighted by Gasteiger charge is 2.17. The van der Waals surface area contributed by atoms with Gasteiger partial charge in [0, 0.05) is 19.2 Å². The minimum atomic E-state index is -0.886. The van der Waals surface area contributed by atoms with Crippen molar-refractivity contribution in [1.82, 2.24) is 4.37 Å². The second kappa shape index (κ2) is 3.33. The Morgan fingerprint density at radius 1 is 1.54 bits per heavy atom. The molecule has 0 aromatic carbocycles. The third kappa shape index (κ3) is 1.65. The Balaban J connectivity index is 2.16. The molecule has 0 amide bonds. The molecular formula is C8H10N2O2S. The lowest BCUT2D eigenvalue weighted by Gasteiger charge is -2.12. The highest BCUT2D eigenvalue weighted by molar-refractivity contribution is 7.08. The van der Waals surface area contributed by atoms with Crippen molar-refractivity contribution in [3.63, 3.8) is 0 Å². The Kier molecular flexibility index (Phi) is 2.18. The summed E-state index contributed by atoms with van der Waals surface area (Å²) >= 11 is 1.05. The average molecular weight is 198 g/mol. The molecule has 2 heterocycles. The Hall–Kier alpha value is -1.10. The van der Waals surface area contributed by atoms with Gasteiger partial charge < -0.3 is 10.0 Å². The lowest BCUT2D eigenvalue weighted by molar-refractivity contribution is 0.0702. The van der Waals surface area contributed by atoms with Gasteiger partial charge in [0.15, 0.2) is 0 Å². The quantitative estimate of drug-likeness (QED) is 0.781. The van der Waals surface area contributed by atoms with E-state index < -0.39 is 5.97 Å². The zero-order chi connectivity index (χ0) is 9.26. The summed E-state index contributed by atoms with van der Waals surface area (Å²) in [7, 11) is 0. The van der Waals surface area contributed by atoms with E-state index in [9.17, 15) is 4.79 Å². The molecule has 1 fully saturated rings. The molecule has 0 bridgehead atoms. The number of nitrogens with zero attached hydrogens (tertiary/aromatic N) is 2. The van der Waals surface area contributed by atoms with Gasteiger partial charge in [-0.1, -0.05) is 0 Å². The number of aromatic nitrogens is 1. The molecule has 13 heavy (non-hydrogen) atoms. The molecule has 2 rings (SSSR count). The SMILES string of the molecule is O=C(O)c1cc(N2CCCC2)ns1. The van der Waals surface area contributed by atoms with Gasteiger partial charge >= 0.3 is 5.97 Å². The summed E-state index contributed by atoms with van der Waals surface area (Å²) in [5.74, 6) is -0.0668. The Labute approximate surface area is 80.0 Å². The standard InChI is InChI=1S/C8H10N2O2S/c11-8(12)6-5-7(9-13-6)10-3-1-2-4-10/h5H,1-4H2,(H,11,12). The first kappa shape index (κ1) is 8.50. The third-order valence-corrected chi connectivity index (χ3v) is 2.91. The maximum Gasteiger partial charge on any atom is 0.347 e. The zero-order valence-corrected chi connectivity index (χ0v) is 7.88. The molecule has 0 atom stereocenters. The molecule has 5 heteroatoms. The van der Waals surface area contributed by atoms with Crippen LogP contribution >= 0.6 is 11.5 Å². The van der Waals surface area contributed by atoms with Gasteiger partial charge in [-0.15, -0.1) is 0 Å². The first-order chi connectivity index (χ1) is 6.27. The Bertz CT molecular complexity index is 318. The van der Waals surface area contributed by atoms with Gasteiger partial charge in [-0.25, -0.2) is 4.79 Å². The second-order valence-electron chi connectivity index (χ2n) is 3.05. The minimum Gasteiger partial charge on any atom is -0.477 e. The minimum absolute atomic E-state index is 0.321. The van der Waals surface area contributed by atoms with Crippen LogP contribution in [0.1, 0.15) is 22.5 Å². The van der Waals surface area contributed by atoms with E-state index >= 15 is 0 Å². The summed E-state index contributed by atoms with van der Waals surface area (Å²) < 4.78 is 4.11. The van der Waals surface area contributed by atoms with Crippen LogP contribution in [0.4, 0.5) is 5.82 Å². The van der Waals surface area contributed by atoms with Crippen molar-refractivity contribution in [2.75, 3.05) is 18.0 Å². The second-order valence-corrected chi connectivity index (χ2v) is 3.85. The van der Waals surface area contributed by atoms with Gasteiger partial charge in [0.1, 0.15) is 10.7 Å². The van der Waals surface area contributed by atoms with E-state index in [2.05, 4.69) is 9.27 Å². The summed E-state index contributed by atoms with van der Waals surface area (Å²) in [5.41, 5.74) is 0. The maximum absolute atomic E-state index is 10.6. The summed E-state index contributed by atoms with van der Waals surface area (Å²) in [6, 6.07) is 1.65. The monoisotopic (exact) mass is 198 g/mol. The van der Waals surface area contributed by atoms with Crippen LogP contribution in [0.25, 0.3) is 0 Å². The lowest BCUT2D eigenvalue weighted by atomic mass is 10.4. The van der Waals surface area contributed by atoms with Crippen LogP contribution in [0.2, 0.25) is 0 Å². The molecule has 70 valence electrons. The van der Waals surface area contributed by atoms with Crippen LogP contribution < -0.4 is 4.90 Å². The van der Waals surface area contributed by atoms with Crippen molar-refractivity contribution in [2.45, 2.75) is 12.8 Å². The van der Waals surface area contributed by atoms with Crippen LogP contribution in [0, 0.1) is 0 Å². The molecule has 1 aromatic rings. The highest BCUT2D eigenvalue weighted by atomic mass is 32.1. The molecule has 0 unspecified atom stereocenters. The van der Waals surface area contributed by atoms with E-state index in [1.807, 2.05) is 0 Å². The van der Waals surface area contributed by atoms with Crippen LogP contribution in [0.5, 0.6) is 0 Å². The zero-order valence-electron chi connectivity index (χ0n) is 7.06. The highest BCUT2D eigenvalue weighted by Crippen LogP contribution is 2.22. The molecule has 0 spiro atoms. The van der Waals surface area contributed by atoms with Gasteiger partial charge in [-0.2, -0.15) is 4.37 Å². The number of carboxylic acids is 1.